The van der Waals surface area contributed by atoms with Crippen LogP contribution in [0.15, 0.2) is 59.5 Å². The molecule has 28 heavy (non-hydrogen) atoms. The van der Waals surface area contributed by atoms with Crippen LogP contribution < -0.4 is 5.32 Å². The Morgan fingerprint density at radius 1 is 0.964 bits per heavy atom. The molecule has 0 saturated heterocycles. The predicted octanol–water partition coefficient (Wildman–Crippen LogP) is 3.07. The Balaban J connectivity index is 1.34. The fourth-order valence-corrected chi connectivity index (χ4v) is 4.37. The molecule has 0 spiro atoms. The zero-order valence-electron chi connectivity index (χ0n) is 14.5. The first-order valence-corrected chi connectivity index (χ1v) is 10.2. The number of nitrogens with one attached hydrogen (secondary N) is 1. The molecule has 4 rings (SSSR count). The highest BCUT2D eigenvalue weighted by Gasteiger charge is 2.36. The van der Waals surface area contributed by atoms with Crippen LogP contribution in [0, 0.1) is 0 Å². The van der Waals surface area contributed by atoms with Crippen LogP contribution in [-0.4, -0.2) is 39.4 Å². The van der Waals surface area contributed by atoms with E-state index in [0.717, 1.165) is 14.8 Å². The van der Waals surface area contributed by atoms with Crippen LogP contribution in [0.1, 0.15) is 25.7 Å². The summed E-state index contributed by atoms with van der Waals surface area (Å²) in [5.41, 5.74) is 0.632. The van der Waals surface area contributed by atoms with Crippen molar-refractivity contribution in [1.82, 2.24) is 15.1 Å². The van der Waals surface area contributed by atoms with Crippen molar-refractivity contribution in [2.45, 2.75) is 10.6 Å². The first-order valence-electron chi connectivity index (χ1n) is 8.37. The molecule has 0 bridgehead atoms. The number of thioether (sulfide) groups is 1. The minimum absolute atomic E-state index is 0.316. The first-order chi connectivity index (χ1) is 13.6. The fourth-order valence-electron chi connectivity index (χ4n) is 2.71. The quantitative estimate of drug-likeness (QED) is 0.496. The molecule has 140 valence electrons. The summed E-state index contributed by atoms with van der Waals surface area (Å²) in [5, 5.41) is 11.7. The number of amides is 3. The van der Waals surface area contributed by atoms with Gasteiger partial charge in [0.1, 0.15) is 11.6 Å². The molecule has 0 radical (unpaired) electrons. The standard InChI is InChI=1S/C19H14N4O3S2/c24-15(10-23-17(25)13-8-4-5-9-14(13)18(23)26)20-19-22-21-16(28-19)11-27-12-6-2-1-3-7-12/h1-9H,10-11H2,(H,20,22,24). The smallest absolute Gasteiger partial charge is 0.262 e. The Morgan fingerprint density at radius 2 is 1.61 bits per heavy atom. The lowest BCUT2D eigenvalue weighted by molar-refractivity contribution is -0.116. The SMILES string of the molecule is O=C(CN1C(=O)c2ccccc2C1=O)Nc1nnc(CSc2ccccc2)s1. The third kappa shape index (κ3) is 3.80. The average Bonchev–Trinajstić information content (AvgIpc) is 3.26. The zero-order chi connectivity index (χ0) is 19.5. The van der Waals surface area contributed by atoms with Gasteiger partial charge in [0, 0.05) is 4.90 Å². The summed E-state index contributed by atoms with van der Waals surface area (Å²) >= 11 is 2.89. The summed E-state index contributed by atoms with van der Waals surface area (Å²) < 4.78 is 0. The second-order valence-corrected chi connectivity index (χ2v) is 8.00. The van der Waals surface area contributed by atoms with Crippen molar-refractivity contribution in [2.24, 2.45) is 0 Å². The lowest BCUT2D eigenvalue weighted by atomic mass is 10.1. The largest absolute Gasteiger partial charge is 0.299 e. The molecule has 1 aliphatic heterocycles. The number of fused-ring (bicyclic) bond motifs is 1. The van der Waals surface area contributed by atoms with Gasteiger partial charge in [0.25, 0.3) is 11.8 Å². The highest BCUT2D eigenvalue weighted by Crippen LogP contribution is 2.26. The molecule has 0 fully saturated rings. The molecule has 0 aliphatic carbocycles. The Kier molecular flexibility index (Phi) is 5.18. The number of aromatic nitrogens is 2. The van der Waals surface area contributed by atoms with E-state index in [1.807, 2.05) is 30.3 Å². The molecule has 3 amide bonds. The van der Waals surface area contributed by atoms with Crippen molar-refractivity contribution < 1.29 is 14.4 Å². The molecule has 7 nitrogen and oxygen atoms in total. The van der Waals surface area contributed by atoms with E-state index in [1.165, 1.54) is 11.3 Å². The maximum absolute atomic E-state index is 12.3. The maximum Gasteiger partial charge on any atom is 0.262 e. The maximum atomic E-state index is 12.3. The van der Waals surface area contributed by atoms with Crippen LogP contribution in [0.4, 0.5) is 5.13 Å². The number of hydrogen-bond acceptors (Lipinski definition) is 7. The summed E-state index contributed by atoms with van der Waals surface area (Å²) in [6, 6.07) is 16.4. The molecule has 0 unspecified atom stereocenters. The van der Waals surface area contributed by atoms with E-state index in [1.54, 1.807) is 36.0 Å². The molecule has 1 aromatic heterocycles. The van der Waals surface area contributed by atoms with Gasteiger partial charge in [0.15, 0.2) is 0 Å². The lowest BCUT2D eigenvalue weighted by Gasteiger charge is -2.12. The number of imide groups is 1. The number of rotatable bonds is 6. The molecular formula is C19H14N4O3S2. The van der Waals surface area contributed by atoms with Crippen LogP contribution in [0.3, 0.4) is 0 Å². The summed E-state index contributed by atoms with van der Waals surface area (Å²) in [7, 11) is 0. The number of benzene rings is 2. The highest BCUT2D eigenvalue weighted by molar-refractivity contribution is 7.98. The fraction of sp³-hybridized carbons (Fsp3) is 0.105. The Hall–Kier alpha value is -3.04. The third-order valence-corrected chi connectivity index (χ3v) is 6.04. The Morgan fingerprint density at radius 3 is 2.29 bits per heavy atom. The van der Waals surface area contributed by atoms with Gasteiger partial charge in [0.05, 0.1) is 16.9 Å². The number of carbonyl (C=O) groups is 3. The van der Waals surface area contributed by atoms with Gasteiger partial charge in [-0.05, 0) is 24.3 Å². The summed E-state index contributed by atoms with van der Waals surface area (Å²) in [6.45, 7) is -0.361. The van der Waals surface area contributed by atoms with Crippen LogP contribution in [0.5, 0.6) is 0 Å². The minimum atomic E-state index is -0.493. The number of carbonyl (C=O) groups excluding carboxylic acids is 3. The minimum Gasteiger partial charge on any atom is -0.299 e. The normalized spacial score (nSPS) is 12.9. The van der Waals surface area contributed by atoms with Crippen molar-refractivity contribution in [1.29, 1.82) is 0 Å². The van der Waals surface area contributed by atoms with Crippen LogP contribution in [-0.2, 0) is 10.5 Å². The van der Waals surface area contributed by atoms with E-state index in [0.29, 0.717) is 22.0 Å². The topological polar surface area (TPSA) is 92.3 Å². The Bertz CT molecular complexity index is 1020. The summed E-state index contributed by atoms with van der Waals surface area (Å²) in [6.07, 6.45) is 0. The van der Waals surface area contributed by atoms with Gasteiger partial charge in [-0.3, -0.25) is 24.6 Å². The molecule has 0 saturated carbocycles. The van der Waals surface area contributed by atoms with Gasteiger partial charge in [-0.2, -0.15) is 0 Å². The lowest BCUT2D eigenvalue weighted by Crippen LogP contribution is -2.37. The molecule has 0 atom stereocenters. The first kappa shape index (κ1) is 18.3. The van der Waals surface area contributed by atoms with Gasteiger partial charge >= 0.3 is 0 Å². The van der Waals surface area contributed by atoms with Gasteiger partial charge in [-0.25, -0.2) is 0 Å². The van der Waals surface area contributed by atoms with E-state index in [9.17, 15) is 14.4 Å². The van der Waals surface area contributed by atoms with Crippen LogP contribution >= 0.6 is 23.1 Å². The van der Waals surface area contributed by atoms with Gasteiger partial charge < -0.3 is 0 Å². The monoisotopic (exact) mass is 410 g/mol. The van der Waals surface area contributed by atoms with Crippen molar-refractivity contribution in [3.63, 3.8) is 0 Å². The van der Waals surface area contributed by atoms with E-state index < -0.39 is 17.7 Å². The molecule has 1 N–H and O–H groups in total. The van der Waals surface area contributed by atoms with Gasteiger partial charge in [0.2, 0.25) is 11.0 Å². The molecule has 2 aromatic carbocycles. The molecule has 2 heterocycles. The molecule has 3 aromatic rings. The predicted molar refractivity (Wildman–Crippen MR) is 106 cm³/mol. The van der Waals surface area contributed by atoms with Crippen LogP contribution in [0.2, 0.25) is 0 Å². The van der Waals surface area contributed by atoms with Gasteiger partial charge in [-0.1, -0.05) is 41.7 Å². The van der Waals surface area contributed by atoms with E-state index in [-0.39, 0.29) is 6.54 Å². The molecular weight excluding hydrogens is 396 g/mol. The van der Waals surface area contributed by atoms with Crippen molar-refractivity contribution in [3.05, 3.63) is 70.7 Å². The van der Waals surface area contributed by atoms with Crippen LogP contribution in [0.25, 0.3) is 0 Å². The third-order valence-electron chi connectivity index (χ3n) is 4.00. The summed E-state index contributed by atoms with van der Waals surface area (Å²) in [4.78, 5) is 39.0. The van der Waals surface area contributed by atoms with Crippen molar-refractivity contribution in [2.75, 3.05) is 11.9 Å². The van der Waals surface area contributed by atoms with Gasteiger partial charge in [-0.15, -0.1) is 22.0 Å². The molecule has 9 heteroatoms. The van der Waals surface area contributed by atoms with E-state index in [4.69, 9.17) is 0 Å². The highest BCUT2D eigenvalue weighted by atomic mass is 32.2. The second-order valence-electron chi connectivity index (χ2n) is 5.89. The Labute approximate surface area is 168 Å². The van der Waals surface area contributed by atoms with Crippen molar-refractivity contribution >= 4 is 46.0 Å². The zero-order valence-corrected chi connectivity index (χ0v) is 16.1. The number of nitrogens with zero attached hydrogens (tertiary/aromatic N) is 3. The number of hydrogen-bond donors (Lipinski definition) is 1. The number of anilines is 1. The van der Waals surface area contributed by atoms with Crippen molar-refractivity contribution in [3.8, 4) is 0 Å². The molecule has 1 aliphatic rings. The average molecular weight is 410 g/mol. The van der Waals surface area contributed by atoms with E-state index >= 15 is 0 Å². The summed E-state index contributed by atoms with van der Waals surface area (Å²) in [5.74, 6) is -0.787. The second kappa shape index (κ2) is 7.91. The van der Waals surface area contributed by atoms with E-state index in [2.05, 4.69) is 15.5 Å².